The van der Waals surface area contributed by atoms with Crippen LogP contribution in [-0.2, 0) is 11.3 Å². The third-order valence-electron chi connectivity index (χ3n) is 3.19. The summed E-state index contributed by atoms with van der Waals surface area (Å²) in [6.45, 7) is 4.68. The van der Waals surface area contributed by atoms with Crippen LogP contribution >= 0.6 is 0 Å². The molecular weight excluding hydrogens is 214 g/mol. The summed E-state index contributed by atoms with van der Waals surface area (Å²) >= 11 is 0. The summed E-state index contributed by atoms with van der Waals surface area (Å²) in [5, 5.41) is 9.28. The number of likely N-dealkylation sites (N-methyl/N-ethyl adjacent to an activating group) is 1. The van der Waals surface area contributed by atoms with Crippen molar-refractivity contribution in [1.82, 2.24) is 4.90 Å². The number of carboxylic acid groups (broad SMARTS) is 1. The van der Waals surface area contributed by atoms with E-state index in [-0.39, 0.29) is 5.92 Å². The molecule has 0 amide bonds. The minimum Gasteiger partial charge on any atom is -0.480 e. The van der Waals surface area contributed by atoms with Crippen LogP contribution in [0.15, 0.2) is 30.3 Å². The van der Waals surface area contributed by atoms with Crippen LogP contribution in [0.1, 0.15) is 25.8 Å². The largest absolute Gasteiger partial charge is 0.480 e. The van der Waals surface area contributed by atoms with E-state index in [2.05, 4.69) is 0 Å². The van der Waals surface area contributed by atoms with Gasteiger partial charge in [-0.2, -0.15) is 0 Å². The number of hydrogen-bond acceptors (Lipinski definition) is 2. The molecule has 1 aromatic rings. The van der Waals surface area contributed by atoms with E-state index in [1.165, 1.54) is 0 Å². The van der Waals surface area contributed by atoms with Gasteiger partial charge in [0.2, 0.25) is 0 Å². The SMILES string of the molecule is CC[C@H](C)[C@H](C(=O)O)N(C)Cc1ccccc1. The lowest BCUT2D eigenvalue weighted by atomic mass is 9.97. The van der Waals surface area contributed by atoms with Crippen LogP contribution in [0.4, 0.5) is 0 Å². The molecule has 0 bridgehead atoms. The van der Waals surface area contributed by atoms with E-state index in [9.17, 15) is 9.90 Å². The van der Waals surface area contributed by atoms with Crippen molar-refractivity contribution >= 4 is 5.97 Å². The summed E-state index contributed by atoms with van der Waals surface area (Å²) in [5.41, 5.74) is 1.14. The number of nitrogens with zero attached hydrogens (tertiary/aromatic N) is 1. The van der Waals surface area contributed by atoms with Gasteiger partial charge in [-0.25, -0.2) is 0 Å². The summed E-state index contributed by atoms with van der Waals surface area (Å²) in [6, 6.07) is 9.54. The predicted molar refractivity (Wildman–Crippen MR) is 68.8 cm³/mol. The van der Waals surface area contributed by atoms with E-state index in [0.29, 0.717) is 6.54 Å². The van der Waals surface area contributed by atoms with Gasteiger partial charge < -0.3 is 5.11 Å². The fourth-order valence-corrected chi connectivity index (χ4v) is 2.06. The highest BCUT2D eigenvalue weighted by atomic mass is 16.4. The molecule has 0 heterocycles. The second-order valence-corrected chi connectivity index (χ2v) is 4.57. The molecule has 2 atom stereocenters. The molecule has 1 rings (SSSR count). The molecule has 0 aliphatic carbocycles. The van der Waals surface area contributed by atoms with E-state index < -0.39 is 12.0 Å². The lowest BCUT2D eigenvalue weighted by Crippen LogP contribution is -2.42. The van der Waals surface area contributed by atoms with E-state index in [0.717, 1.165) is 12.0 Å². The maximum atomic E-state index is 11.3. The van der Waals surface area contributed by atoms with Crippen molar-refractivity contribution < 1.29 is 9.90 Å². The van der Waals surface area contributed by atoms with Gasteiger partial charge in [-0.15, -0.1) is 0 Å². The maximum absolute atomic E-state index is 11.3. The topological polar surface area (TPSA) is 40.5 Å². The summed E-state index contributed by atoms with van der Waals surface area (Å²) in [5.74, 6) is -0.584. The molecule has 17 heavy (non-hydrogen) atoms. The highest BCUT2D eigenvalue weighted by Crippen LogP contribution is 2.16. The Morgan fingerprint density at radius 3 is 2.41 bits per heavy atom. The first kappa shape index (κ1) is 13.7. The van der Waals surface area contributed by atoms with E-state index in [4.69, 9.17) is 0 Å². The van der Waals surface area contributed by atoms with E-state index in [1.54, 1.807) is 0 Å². The molecule has 94 valence electrons. The van der Waals surface area contributed by atoms with Crippen molar-refractivity contribution in [3.8, 4) is 0 Å². The number of carbonyl (C=O) groups is 1. The lowest BCUT2D eigenvalue weighted by molar-refractivity contribution is -0.145. The van der Waals surface area contributed by atoms with Crippen LogP contribution in [0, 0.1) is 5.92 Å². The Labute approximate surface area is 103 Å². The van der Waals surface area contributed by atoms with E-state index in [1.807, 2.05) is 56.1 Å². The molecule has 0 radical (unpaired) electrons. The summed E-state index contributed by atoms with van der Waals surface area (Å²) in [6.07, 6.45) is 0.871. The maximum Gasteiger partial charge on any atom is 0.321 e. The smallest absolute Gasteiger partial charge is 0.321 e. The molecule has 0 saturated carbocycles. The molecule has 0 unspecified atom stereocenters. The van der Waals surface area contributed by atoms with Gasteiger partial charge in [0.25, 0.3) is 0 Å². The van der Waals surface area contributed by atoms with Crippen LogP contribution < -0.4 is 0 Å². The van der Waals surface area contributed by atoms with E-state index >= 15 is 0 Å². The van der Waals surface area contributed by atoms with Gasteiger partial charge in [0.05, 0.1) is 0 Å². The van der Waals surface area contributed by atoms with Gasteiger partial charge in [0.15, 0.2) is 0 Å². The lowest BCUT2D eigenvalue weighted by Gasteiger charge is -2.29. The Morgan fingerprint density at radius 2 is 1.94 bits per heavy atom. The Balaban J connectivity index is 2.72. The number of rotatable bonds is 6. The Kier molecular flexibility index (Phi) is 5.16. The fourth-order valence-electron chi connectivity index (χ4n) is 2.06. The van der Waals surface area contributed by atoms with Crippen LogP contribution in [0.5, 0.6) is 0 Å². The van der Waals surface area contributed by atoms with Crippen molar-refractivity contribution in [3.05, 3.63) is 35.9 Å². The van der Waals surface area contributed by atoms with Crippen LogP contribution in [0.3, 0.4) is 0 Å². The molecule has 0 fully saturated rings. The van der Waals surface area contributed by atoms with Crippen LogP contribution in [0.25, 0.3) is 0 Å². The van der Waals surface area contributed by atoms with Gasteiger partial charge in [0, 0.05) is 6.54 Å². The zero-order valence-corrected chi connectivity index (χ0v) is 10.8. The number of hydrogen-bond donors (Lipinski definition) is 1. The van der Waals surface area contributed by atoms with Gasteiger partial charge in [-0.1, -0.05) is 50.6 Å². The fraction of sp³-hybridized carbons (Fsp3) is 0.500. The van der Waals surface area contributed by atoms with Gasteiger partial charge in [-0.05, 0) is 18.5 Å². The van der Waals surface area contributed by atoms with Crippen molar-refractivity contribution in [2.24, 2.45) is 5.92 Å². The Hall–Kier alpha value is -1.35. The first-order valence-corrected chi connectivity index (χ1v) is 6.03. The molecule has 0 saturated heterocycles. The molecule has 3 heteroatoms. The number of aliphatic carboxylic acids is 1. The van der Waals surface area contributed by atoms with Gasteiger partial charge in [0.1, 0.15) is 6.04 Å². The molecule has 3 nitrogen and oxygen atoms in total. The quantitative estimate of drug-likeness (QED) is 0.824. The monoisotopic (exact) mass is 235 g/mol. The summed E-state index contributed by atoms with van der Waals surface area (Å²) in [7, 11) is 1.87. The molecule has 0 aliphatic rings. The zero-order valence-electron chi connectivity index (χ0n) is 10.8. The third-order valence-corrected chi connectivity index (χ3v) is 3.19. The molecule has 0 spiro atoms. The second kappa shape index (κ2) is 6.40. The summed E-state index contributed by atoms with van der Waals surface area (Å²) < 4.78 is 0. The Bertz CT molecular complexity index is 350. The first-order valence-electron chi connectivity index (χ1n) is 6.03. The minimum atomic E-state index is -0.738. The number of carboxylic acids is 1. The molecular formula is C14H21NO2. The summed E-state index contributed by atoms with van der Waals surface area (Å²) in [4.78, 5) is 13.2. The molecule has 0 aromatic heterocycles. The first-order chi connectivity index (χ1) is 8.06. The average molecular weight is 235 g/mol. The number of benzene rings is 1. The highest BCUT2D eigenvalue weighted by Gasteiger charge is 2.27. The molecule has 1 N–H and O–H groups in total. The van der Waals surface area contributed by atoms with Crippen molar-refractivity contribution in [2.45, 2.75) is 32.9 Å². The predicted octanol–water partition coefficient (Wildman–Crippen LogP) is 2.62. The van der Waals surface area contributed by atoms with Gasteiger partial charge >= 0.3 is 5.97 Å². The van der Waals surface area contributed by atoms with Crippen LogP contribution in [0.2, 0.25) is 0 Å². The van der Waals surface area contributed by atoms with Gasteiger partial charge in [-0.3, -0.25) is 9.69 Å². The van der Waals surface area contributed by atoms with Crippen LogP contribution in [-0.4, -0.2) is 29.1 Å². The highest BCUT2D eigenvalue weighted by molar-refractivity contribution is 5.73. The standard InChI is InChI=1S/C14H21NO2/c1-4-11(2)13(14(16)17)15(3)10-12-8-6-5-7-9-12/h5-9,11,13H,4,10H2,1-3H3,(H,16,17)/t11-,13+/m0/s1. The molecule has 1 aromatic carbocycles. The Morgan fingerprint density at radius 1 is 1.35 bits per heavy atom. The third kappa shape index (κ3) is 3.86. The minimum absolute atomic E-state index is 0.154. The van der Waals surface area contributed by atoms with Crippen molar-refractivity contribution in [1.29, 1.82) is 0 Å². The van der Waals surface area contributed by atoms with Crippen molar-refractivity contribution in [3.63, 3.8) is 0 Å². The normalized spacial score (nSPS) is 14.6. The average Bonchev–Trinajstić information content (AvgIpc) is 2.29. The second-order valence-electron chi connectivity index (χ2n) is 4.57. The molecule has 0 aliphatic heterocycles. The zero-order chi connectivity index (χ0) is 12.8. The van der Waals surface area contributed by atoms with Crippen molar-refractivity contribution in [2.75, 3.05) is 7.05 Å².